The van der Waals surface area contributed by atoms with E-state index in [0.717, 1.165) is 4.90 Å². The van der Waals surface area contributed by atoms with Gasteiger partial charge in [-0.25, -0.2) is 14.2 Å². The van der Waals surface area contributed by atoms with E-state index in [9.17, 15) is 14.7 Å². The summed E-state index contributed by atoms with van der Waals surface area (Å²) < 4.78 is 19.7. The summed E-state index contributed by atoms with van der Waals surface area (Å²) in [4.78, 5) is 33.1. The van der Waals surface area contributed by atoms with Gasteiger partial charge in [-0.2, -0.15) is 0 Å². The molecule has 36 heavy (non-hydrogen) atoms. The van der Waals surface area contributed by atoms with Gasteiger partial charge < -0.3 is 14.8 Å². The number of aromatic amines is 1. The number of rotatable bonds is 3. The van der Waals surface area contributed by atoms with E-state index >= 15 is 4.39 Å². The standard InChI is InChI=1S/C23H14Cl3FN4O4.ClH/c1-35-22(33)30-21-28-14-8-5-10(9-15(14)29-21)23(34)18-12(25)7-6-11(24)17(18)20(32)31(23)16-4-2-3-13(26)19(16)27;/h2-9,34H,1H3,(H2,28,29,30,33);1H. The van der Waals surface area contributed by atoms with Gasteiger partial charge in [0.05, 0.1) is 39.4 Å². The van der Waals surface area contributed by atoms with Crippen molar-refractivity contribution < 1.29 is 23.8 Å². The average Bonchev–Trinajstić information content (AvgIpc) is 3.34. The number of fused-ring (bicyclic) bond motifs is 2. The van der Waals surface area contributed by atoms with Crippen molar-refractivity contribution in [3.8, 4) is 0 Å². The Morgan fingerprint density at radius 3 is 2.58 bits per heavy atom. The van der Waals surface area contributed by atoms with Crippen molar-refractivity contribution in [3.05, 3.63) is 86.1 Å². The summed E-state index contributed by atoms with van der Waals surface area (Å²) in [5.41, 5.74) is -1.64. The van der Waals surface area contributed by atoms with Crippen molar-refractivity contribution in [1.29, 1.82) is 0 Å². The molecule has 4 aromatic rings. The Balaban J connectivity index is 0.00000304. The summed E-state index contributed by atoms with van der Waals surface area (Å²) in [6.07, 6.45) is -0.734. The van der Waals surface area contributed by atoms with Crippen LogP contribution in [0.5, 0.6) is 0 Å². The minimum atomic E-state index is -2.27. The molecule has 13 heteroatoms. The Kier molecular flexibility index (Phi) is 6.80. The zero-order valence-corrected chi connectivity index (χ0v) is 21.2. The summed E-state index contributed by atoms with van der Waals surface area (Å²) >= 11 is 18.8. The van der Waals surface area contributed by atoms with Gasteiger partial charge in [0.15, 0.2) is 5.82 Å². The van der Waals surface area contributed by atoms with Crippen molar-refractivity contribution in [3.63, 3.8) is 0 Å². The van der Waals surface area contributed by atoms with Crippen LogP contribution in [0, 0.1) is 5.82 Å². The van der Waals surface area contributed by atoms with Crippen LogP contribution in [0.4, 0.5) is 20.8 Å². The third-order valence-electron chi connectivity index (χ3n) is 5.66. The highest BCUT2D eigenvalue weighted by Gasteiger charge is 2.54. The topological polar surface area (TPSA) is 108 Å². The number of H-pyrrole nitrogens is 1. The Labute approximate surface area is 224 Å². The molecule has 1 aliphatic rings. The zero-order valence-electron chi connectivity index (χ0n) is 18.1. The summed E-state index contributed by atoms with van der Waals surface area (Å²) in [5, 5.41) is 14.4. The molecule has 5 rings (SSSR count). The number of carbonyl (C=O) groups is 2. The molecule has 0 bridgehead atoms. The van der Waals surface area contributed by atoms with E-state index in [2.05, 4.69) is 20.0 Å². The number of nitrogens with one attached hydrogen (secondary N) is 2. The van der Waals surface area contributed by atoms with Crippen molar-refractivity contribution in [2.24, 2.45) is 0 Å². The normalized spacial score (nSPS) is 16.6. The van der Waals surface area contributed by atoms with Gasteiger partial charge in [0.25, 0.3) is 5.91 Å². The van der Waals surface area contributed by atoms with Crippen LogP contribution in [0.3, 0.4) is 0 Å². The van der Waals surface area contributed by atoms with Crippen LogP contribution in [0.1, 0.15) is 21.5 Å². The second kappa shape index (κ2) is 9.42. The highest BCUT2D eigenvalue weighted by atomic mass is 35.5. The fraction of sp³-hybridized carbons (Fsp3) is 0.0870. The molecule has 3 aromatic carbocycles. The molecule has 2 amide bonds. The Hall–Kier alpha value is -3.08. The number of anilines is 2. The third-order valence-corrected chi connectivity index (χ3v) is 6.58. The van der Waals surface area contributed by atoms with Crippen molar-refractivity contribution in [2.45, 2.75) is 5.72 Å². The maximum atomic E-state index is 15.2. The molecule has 186 valence electrons. The molecule has 2 heterocycles. The second-order valence-corrected chi connectivity index (χ2v) is 8.82. The number of benzene rings is 3. The van der Waals surface area contributed by atoms with Crippen LogP contribution < -0.4 is 10.2 Å². The number of imidazole rings is 1. The first-order valence-corrected chi connectivity index (χ1v) is 11.1. The van der Waals surface area contributed by atoms with E-state index in [1.807, 2.05) is 0 Å². The number of carbonyl (C=O) groups excluding carboxylic acids is 2. The summed E-state index contributed by atoms with van der Waals surface area (Å²) in [5.74, 6) is -1.58. The van der Waals surface area contributed by atoms with E-state index in [-0.39, 0.29) is 55.8 Å². The number of methoxy groups -OCH3 is 1. The minimum absolute atomic E-state index is 0. The van der Waals surface area contributed by atoms with Gasteiger partial charge in [-0.1, -0.05) is 46.9 Å². The number of nitrogens with zero attached hydrogens (tertiary/aromatic N) is 2. The number of ether oxygens (including phenoxy) is 1. The first-order chi connectivity index (χ1) is 16.7. The highest BCUT2D eigenvalue weighted by Crippen LogP contribution is 2.50. The average molecular weight is 572 g/mol. The van der Waals surface area contributed by atoms with Crippen molar-refractivity contribution in [1.82, 2.24) is 9.97 Å². The fourth-order valence-corrected chi connectivity index (χ4v) is 4.83. The lowest BCUT2D eigenvalue weighted by atomic mass is 9.93. The fourth-order valence-electron chi connectivity index (χ4n) is 4.13. The van der Waals surface area contributed by atoms with Crippen LogP contribution in [0.15, 0.2) is 48.5 Å². The summed E-state index contributed by atoms with van der Waals surface area (Å²) in [6.45, 7) is 0. The minimum Gasteiger partial charge on any atom is -0.453 e. The molecule has 8 nitrogen and oxygen atoms in total. The lowest BCUT2D eigenvalue weighted by Crippen LogP contribution is -2.45. The Bertz CT molecular complexity index is 1550. The molecule has 0 fully saturated rings. The van der Waals surface area contributed by atoms with Crippen molar-refractivity contribution >= 4 is 81.9 Å². The lowest BCUT2D eigenvalue weighted by molar-refractivity contribution is 0.0699. The molecule has 0 saturated carbocycles. The number of halogens is 5. The van der Waals surface area contributed by atoms with E-state index in [1.54, 1.807) is 6.07 Å². The molecule has 0 radical (unpaired) electrons. The third kappa shape index (κ3) is 3.84. The van der Waals surface area contributed by atoms with E-state index in [4.69, 9.17) is 34.8 Å². The second-order valence-electron chi connectivity index (χ2n) is 7.60. The highest BCUT2D eigenvalue weighted by molar-refractivity contribution is 6.38. The van der Waals surface area contributed by atoms with Crippen LogP contribution in [0.2, 0.25) is 15.1 Å². The van der Waals surface area contributed by atoms with Gasteiger partial charge in [0.1, 0.15) is 0 Å². The van der Waals surface area contributed by atoms with Crippen LogP contribution >= 0.6 is 47.2 Å². The maximum Gasteiger partial charge on any atom is 0.413 e. The zero-order chi connectivity index (χ0) is 25.1. The SMILES string of the molecule is COC(=O)Nc1nc2ccc(C3(O)c4c(Cl)ccc(Cl)c4C(=O)N3c3cccc(Cl)c3F)cc2[nH]1.Cl. The molecular weight excluding hydrogens is 557 g/mol. The Morgan fingerprint density at radius 1 is 1.14 bits per heavy atom. The van der Waals surface area contributed by atoms with E-state index < -0.39 is 23.5 Å². The van der Waals surface area contributed by atoms with Crippen LogP contribution in [0.25, 0.3) is 11.0 Å². The van der Waals surface area contributed by atoms with Gasteiger partial charge >= 0.3 is 6.09 Å². The van der Waals surface area contributed by atoms with E-state index in [0.29, 0.717) is 11.0 Å². The number of aliphatic hydroxyl groups is 1. The predicted octanol–water partition coefficient (Wildman–Crippen LogP) is 6.12. The first-order valence-electron chi connectivity index (χ1n) is 10.0. The largest absolute Gasteiger partial charge is 0.453 e. The number of hydrogen-bond donors (Lipinski definition) is 3. The monoisotopic (exact) mass is 570 g/mol. The van der Waals surface area contributed by atoms with Gasteiger partial charge in [-0.3, -0.25) is 15.0 Å². The molecule has 3 N–H and O–H groups in total. The number of hydrogen-bond acceptors (Lipinski definition) is 5. The van der Waals surface area contributed by atoms with Crippen LogP contribution in [-0.2, 0) is 10.5 Å². The molecule has 0 saturated heterocycles. The molecular formula is C23H15Cl4FN4O4. The van der Waals surface area contributed by atoms with Gasteiger partial charge in [-0.05, 0) is 36.4 Å². The first kappa shape index (κ1) is 26.0. The quantitative estimate of drug-likeness (QED) is 0.275. The molecule has 1 aliphatic heterocycles. The molecule has 0 aliphatic carbocycles. The van der Waals surface area contributed by atoms with Crippen molar-refractivity contribution in [2.75, 3.05) is 17.3 Å². The smallest absolute Gasteiger partial charge is 0.413 e. The Morgan fingerprint density at radius 2 is 1.86 bits per heavy atom. The number of aromatic nitrogens is 2. The lowest BCUT2D eigenvalue weighted by Gasteiger charge is -2.35. The summed E-state index contributed by atoms with van der Waals surface area (Å²) in [6, 6.07) is 11.5. The summed E-state index contributed by atoms with van der Waals surface area (Å²) in [7, 11) is 1.21. The molecule has 1 atom stereocenters. The number of amides is 2. The van der Waals surface area contributed by atoms with Gasteiger partial charge in [0, 0.05) is 16.1 Å². The molecule has 1 aromatic heterocycles. The van der Waals surface area contributed by atoms with Crippen LogP contribution in [-0.4, -0.2) is 34.2 Å². The predicted molar refractivity (Wildman–Crippen MR) is 137 cm³/mol. The van der Waals surface area contributed by atoms with E-state index in [1.165, 1.54) is 49.6 Å². The maximum absolute atomic E-state index is 15.2. The van der Waals surface area contributed by atoms with Gasteiger partial charge in [-0.15, -0.1) is 12.4 Å². The molecule has 0 spiro atoms. The molecule has 1 unspecified atom stereocenters. The van der Waals surface area contributed by atoms with Gasteiger partial charge in [0.2, 0.25) is 11.7 Å².